The highest BCUT2D eigenvalue weighted by molar-refractivity contribution is 5.84. The van der Waals surface area contributed by atoms with Gasteiger partial charge in [-0.2, -0.15) is 0 Å². The molecule has 104 valence electrons. The van der Waals surface area contributed by atoms with Crippen molar-refractivity contribution >= 4 is 17.9 Å². The molecular formula is C11H21N3O4. The van der Waals surface area contributed by atoms with Gasteiger partial charge in [0.2, 0.25) is 5.91 Å². The van der Waals surface area contributed by atoms with Gasteiger partial charge in [0.25, 0.3) is 0 Å². The maximum absolute atomic E-state index is 11.5. The van der Waals surface area contributed by atoms with Crippen LogP contribution in [0.4, 0.5) is 4.79 Å². The zero-order valence-electron chi connectivity index (χ0n) is 11.0. The van der Waals surface area contributed by atoms with E-state index in [1.165, 1.54) is 18.9 Å². The Labute approximate surface area is 107 Å². The van der Waals surface area contributed by atoms with Crippen molar-refractivity contribution in [2.45, 2.75) is 20.3 Å². The predicted molar refractivity (Wildman–Crippen MR) is 66.1 cm³/mol. The Morgan fingerprint density at radius 2 is 1.89 bits per heavy atom. The van der Waals surface area contributed by atoms with Gasteiger partial charge in [-0.3, -0.25) is 9.59 Å². The van der Waals surface area contributed by atoms with Gasteiger partial charge in [-0.05, 0) is 6.42 Å². The average molecular weight is 259 g/mol. The Morgan fingerprint density at radius 3 is 2.39 bits per heavy atom. The second-order valence-corrected chi connectivity index (χ2v) is 4.13. The van der Waals surface area contributed by atoms with E-state index in [0.29, 0.717) is 6.54 Å². The molecule has 0 fully saturated rings. The Hall–Kier alpha value is -1.79. The third kappa shape index (κ3) is 6.72. The number of nitrogens with one attached hydrogen (secondary N) is 2. The van der Waals surface area contributed by atoms with Crippen molar-refractivity contribution in [2.24, 2.45) is 5.92 Å². The third-order valence-electron chi connectivity index (χ3n) is 2.29. The first-order valence-electron chi connectivity index (χ1n) is 5.87. The number of nitrogens with zero attached hydrogens (tertiary/aromatic N) is 1. The molecule has 0 aliphatic heterocycles. The van der Waals surface area contributed by atoms with Crippen LogP contribution in [0.2, 0.25) is 0 Å². The van der Waals surface area contributed by atoms with Crippen molar-refractivity contribution in [3.8, 4) is 0 Å². The standard InChI is InChI=1S/C11H21N3O4/c1-4-5-12-9(15)6-13-11(18)14(3)7-8(2)10(16)17/h8H,4-7H2,1-3H3,(H,12,15)(H,13,18)(H,16,17). The molecule has 18 heavy (non-hydrogen) atoms. The molecule has 0 saturated heterocycles. The van der Waals surface area contributed by atoms with Crippen molar-refractivity contribution in [1.29, 1.82) is 0 Å². The summed E-state index contributed by atoms with van der Waals surface area (Å²) < 4.78 is 0. The molecule has 0 aromatic carbocycles. The number of rotatable bonds is 7. The summed E-state index contributed by atoms with van der Waals surface area (Å²) in [6, 6.07) is -0.463. The number of urea groups is 1. The molecule has 0 bridgehead atoms. The van der Waals surface area contributed by atoms with Gasteiger partial charge in [0.15, 0.2) is 0 Å². The molecule has 0 aromatic heterocycles. The number of aliphatic carboxylic acids is 1. The molecule has 0 heterocycles. The number of carbonyl (C=O) groups excluding carboxylic acids is 2. The molecule has 0 rings (SSSR count). The van der Waals surface area contributed by atoms with Crippen LogP contribution in [0, 0.1) is 5.92 Å². The molecular weight excluding hydrogens is 238 g/mol. The molecule has 1 atom stereocenters. The van der Waals surface area contributed by atoms with Gasteiger partial charge in [0.05, 0.1) is 12.5 Å². The van der Waals surface area contributed by atoms with Crippen molar-refractivity contribution < 1.29 is 19.5 Å². The quantitative estimate of drug-likeness (QED) is 0.593. The van der Waals surface area contributed by atoms with Gasteiger partial charge in [0, 0.05) is 20.1 Å². The Balaban J connectivity index is 3.94. The van der Waals surface area contributed by atoms with Crippen molar-refractivity contribution in [1.82, 2.24) is 15.5 Å². The first kappa shape index (κ1) is 16.2. The number of carboxylic acid groups (broad SMARTS) is 1. The monoisotopic (exact) mass is 259 g/mol. The summed E-state index contributed by atoms with van der Waals surface area (Å²) >= 11 is 0. The van der Waals surface area contributed by atoms with Gasteiger partial charge in [-0.15, -0.1) is 0 Å². The van der Waals surface area contributed by atoms with Crippen LogP contribution in [0.3, 0.4) is 0 Å². The normalized spacial score (nSPS) is 11.5. The maximum Gasteiger partial charge on any atom is 0.317 e. The minimum absolute atomic E-state index is 0.0950. The second kappa shape index (κ2) is 8.32. The predicted octanol–water partition coefficient (Wildman–Crippen LogP) is -0.125. The van der Waals surface area contributed by atoms with Crippen LogP contribution in [0.5, 0.6) is 0 Å². The lowest BCUT2D eigenvalue weighted by Crippen LogP contribution is -2.44. The molecule has 0 spiro atoms. The van der Waals surface area contributed by atoms with E-state index in [2.05, 4.69) is 10.6 Å². The highest BCUT2D eigenvalue weighted by atomic mass is 16.4. The molecule has 7 nitrogen and oxygen atoms in total. The maximum atomic E-state index is 11.5. The molecule has 0 aliphatic rings. The molecule has 3 N–H and O–H groups in total. The fourth-order valence-corrected chi connectivity index (χ4v) is 1.19. The Kier molecular flexibility index (Phi) is 7.50. The highest BCUT2D eigenvalue weighted by Crippen LogP contribution is 1.98. The lowest BCUT2D eigenvalue weighted by Gasteiger charge is -2.19. The van der Waals surface area contributed by atoms with Crippen LogP contribution in [-0.2, 0) is 9.59 Å². The fraction of sp³-hybridized carbons (Fsp3) is 0.727. The lowest BCUT2D eigenvalue weighted by atomic mass is 10.2. The van der Waals surface area contributed by atoms with Gasteiger partial charge in [-0.1, -0.05) is 13.8 Å². The van der Waals surface area contributed by atoms with Crippen LogP contribution < -0.4 is 10.6 Å². The first-order chi connectivity index (χ1) is 8.38. The number of carbonyl (C=O) groups is 3. The zero-order valence-corrected chi connectivity index (χ0v) is 11.0. The minimum Gasteiger partial charge on any atom is -0.481 e. The molecule has 3 amide bonds. The summed E-state index contributed by atoms with van der Waals surface area (Å²) in [5.74, 6) is -1.87. The summed E-state index contributed by atoms with van der Waals surface area (Å²) in [6.45, 7) is 4.00. The first-order valence-corrected chi connectivity index (χ1v) is 5.87. The van der Waals surface area contributed by atoms with E-state index in [4.69, 9.17) is 5.11 Å². The van der Waals surface area contributed by atoms with E-state index in [1.807, 2.05) is 6.92 Å². The Morgan fingerprint density at radius 1 is 1.28 bits per heavy atom. The third-order valence-corrected chi connectivity index (χ3v) is 2.29. The van der Waals surface area contributed by atoms with Crippen LogP contribution in [0.25, 0.3) is 0 Å². The molecule has 0 aromatic rings. The molecule has 0 aliphatic carbocycles. The second-order valence-electron chi connectivity index (χ2n) is 4.13. The number of carboxylic acids is 1. The molecule has 7 heteroatoms. The number of hydrogen-bond acceptors (Lipinski definition) is 3. The molecule has 0 saturated carbocycles. The lowest BCUT2D eigenvalue weighted by molar-refractivity contribution is -0.141. The average Bonchev–Trinajstić information content (AvgIpc) is 2.32. The number of amides is 3. The Bertz CT molecular complexity index is 307. The van der Waals surface area contributed by atoms with Crippen molar-refractivity contribution in [3.63, 3.8) is 0 Å². The van der Waals surface area contributed by atoms with Gasteiger partial charge in [-0.25, -0.2) is 4.79 Å². The summed E-state index contributed by atoms with van der Waals surface area (Å²) in [7, 11) is 1.48. The largest absolute Gasteiger partial charge is 0.481 e. The summed E-state index contributed by atoms with van der Waals surface area (Å²) in [6.07, 6.45) is 0.829. The molecule has 0 radical (unpaired) electrons. The van der Waals surface area contributed by atoms with E-state index in [0.717, 1.165) is 6.42 Å². The fourth-order valence-electron chi connectivity index (χ4n) is 1.19. The van der Waals surface area contributed by atoms with Gasteiger partial charge >= 0.3 is 12.0 Å². The molecule has 1 unspecified atom stereocenters. The summed E-state index contributed by atoms with van der Waals surface area (Å²) in [4.78, 5) is 34.6. The van der Waals surface area contributed by atoms with E-state index in [1.54, 1.807) is 0 Å². The van der Waals surface area contributed by atoms with Crippen LogP contribution in [-0.4, -0.2) is 54.6 Å². The van der Waals surface area contributed by atoms with Crippen LogP contribution in [0.15, 0.2) is 0 Å². The zero-order chi connectivity index (χ0) is 14.1. The van der Waals surface area contributed by atoms with Crippen LogP contribution >= 0.6 is 0 Å². The topological polar surface area (TPSA) is 98.7 Å². The van der Waals surface area contributed by atoms with Crippen LogP contribution in [0.1, 0.15) is 20.3 Å². The SMILES string of the molecule is CCCNC(=O)CNC(=O)N(C)CC(C)C(=O)O. The van der Waals surface area contributed by atoms with Gasteiger partial charge < -0.3 is 20.6 Å². The summed E-state index contributed by atoms with van der Waals surface area (Å²) in [5, 5.41) is 13.7. The van der Waals surface area contributed by atoms with Crippen molar-refractivity contribution in [2.75, 3.05) is 26.7 Å². The van der Waals surface area contributed by atoms with E-state index >= 15 is 0 Å². The summed E-state index contributed by atoms with van der Waals surface area (Å²) in [5.41, 5.74) is 0. The van der Waals surface area contributed by atoms with E-state index in [9.17, 15) is 14.4 Å². The minimum atomic E-state index is -0.963. The van der Waals surface area contributed by atoms with Gasteiger partial charge in [0.1, 0.15) is 0 Å². The van der Waals surface area contributed by atoms with E-state index < -0.39 is 17.9 Å². The number of hydrogen-bond donors (Lipinski definition) is 3. The van der Waals surface area contributed by atoms with Crippen molar-refractivity contribution in [3.05, 3.63) is 0 Å². The highest BCUT2D eigenvalue weighted by Gasteiger charge is 2.17. The van der Waals surface area contributed by atoms with E-state index in [-0.39, 0.29) is 19.0 Å². The smallest absolute Gasteiger partial charge is 0.317 e.